The minimum absolute atomic E-state index is 0.119. The van der Waals surface area contributed by atoms with E-state index in [1.165, 1.54) is 0 Å². The molecular formula is C13H24N4OS. The maximum Gasteiger partial charge on any atom is 0.318 e. The van der Waals surface area contributed by atoms with Gasteiger partial charge in [0.2, 0.25) is 5.89 Å². The summed E-state index contributed by atoms with van der Waals surface area (Å²) in [7, 11) is 0. The fraction of sp³-hybridized carbons (Fsp3) is 0.846. The van der Waals surface area contributed by atoms with Crippen LogP contribution in [0, 0.1) is 0 Å². The van der Waals surface area contributed by atoms with Gasteiger partial charge in [-0.3, -0.25) is 0 Å². The molecule has 1 aromatic heterocycles. The monoisotopic (exact) mass is 284 g/mol. The number of hydrogen-bond donors (Lipinski definition) is 1. The Morgan fingerprint density at radius 2 is 2.26 bits per heavy atom. The molecule has 1 aliphatic heterocycles. The van der Waals surface area contributed by atoms with Crippen molar-refractivity contribution in [2.75, 3.05) is 30.3 Å². The molecular weight excluding hydrogens is 260 g/mol. The van der Waals surface area contributed by atoms with E-state index in [1.54, 1.807) is 0 Å². The Kier molecular flexibility index (Phi) is 4.73. The number of aromatic nitrogens is 2. The van der Waals surface area contributed by atoms with Gasteiger partial charge in [-0.1, -0.05) is 12.0 Å². The minimum atomic E-state index is 0.119. The van der Waals surface area contributed by atoms with E-state index in [0.29, 0.717) is 11.9 Å². The molecule has 1 fully saturated rings. The van der Waals surface area contributed by atoms with Gasteiger partial charge >= 0.3 is 6.01 Å². The Morgan fingerprint density at radius 3 is 2.95 bits per heavy atom. The van der Waals surface area contributed by atoms with Crippen molar-refractivity contribution in [2.45, 2.75) is 44.9 Å². The van der Waals surface area contributed by atoms with Crippen LogP contribution in [0.1, 0.15) is 46.0 Å². The summed E-state index contributed by atoms with van der Waals surface area (Å²) in [5.74, 6) is 1.79. The van der Waals surface area contributed by atoms with Gasteiger partial charge in [0.1, 0.15) is 0 Å². The third-order valence-corrected chi connectivity index (χ3v) is 4.49. The van der Waals surface area contributed by atoms with E-state index in [1.807, 2.05) is 11.8 Å². The predicted molar refractivity (Wildman–Crippen MR) is 79.8 cm³/mol. The van der Waals surface area contributed by atoms with Crippen LogP contribution >= 0.6 is 11.8 Å². The molecule has 1 aliphatic rings. The lowest BCUT2D eigenvalue weighted by Gasteiger charge is -2.36. The van der Waals surface area contributed by atoms with E-state index in [-0.39, 0.29) is 10.8 Å². The SMILES string of the molecule is CCCNC(C)c1nnc(N2CCSC(C)(C)C2)o1. The first kappa shape index (κ1) is 14.7. The van der Waals surface area contributed by atoms with Gasteiger partial charge in [-0.2, -0.15) is 11.8 Å². The fourth-order valence-corrected chi connectivity index (χ4v) is 3.27. The third-order valence-electron chi connectivity index (χ3n) is 3.20. The maximum absolute atomic E-state index is 5.81. The zero-order chi connectivity index (χ0) is 13.9. The molecule has 2 rings (SSSR count). The van der Waals surface area contributed by atoms with Crippen LogP contribution in [0.4, 0.5) is 6.01 Å². The predicted octanol–water partition coefficient (Wildman–Crippen LogP) is 2.46. The van der Waals surface area contributed by atoms with Gasteiger partial charge < -0.3 is 14.6 Å². The lowest BCUT2D eigenvalue weighted by Crippen LogP contribution is -2.43. The van der Waals surface area contributed by atoms with Crippen LogP contribution in [-0.2, 0) is 0 Å². The highest BCUT2D eigenvalue weighted by atomic mass is 32.2. The van der Waals surface area contributed by atoms with Crippen LogP contribution in [0.15, 0.2) is 4.42 Å². The van der Waals surface area contributed by atoms with E-state index in [4.69, 9.17) is 4.42 Å². The average Bonchev–Trinajstić information content (AvgIpc) is 2.84. The van der Waals surface area contributed by atoms with Crippen molar-refractivity contribution in [1.82, 2.24) is 15.5 Å². The summed E-state index contributed by atoms with van der Waals surface area (Å²) in [4.78, 5) is 2.19. The van der Waals surface area contributed by atoms with Gasteiger partial charge in [0.05, 0.1) is 6.04 Å². The van der Waals surface area contributed by atoms with Gasteiger partial charge in [0.25, 0.3) is 0 Å². The van der Waals surface area contributed by atoms with Crippen LogP contribution in [0.5, 0.6) is 0 Å². The standard InChI is InChI=1S/C13H24N4OS/c1-5-6-14-10(2)11-15-16-12(18-11)17-7-8-19-13(3,4)9-17/h10,14H,5-9H2,1-4H3. The summed E-state index contributed by atoms with van der Waals surface area (Å²) in [6.07, 6.45) is 1.10. The van der Waals surface area contributed by atoms with Crippen molar-refractivity contribution < 1.29 is 4.42 Å². The average molecular weight is 284 g/mol. The highest BCUT2D eigenvalue weighted by Crippen LogP contribution is 2.31. The molecule has 0 aromatic carbocycles. The van der Waals surface area contributed by atoms with Crippen LogP contribution in [0.3, 0.4) is 0 Å². The Hall–Kier alpha value is -0.750. The summed E-state index contributed by atoms with van der Waals surface area (Å²) < 4.78 is 6.06. The lowest BCUT2D eigenvalue weighted by molar-refractivity contribution is 0.411. The number of anilines is 1. The molecule has 0 saturated carbocycles. The summed E-state index contributed by atoms with van der Waals surface area (Å²) in [5, 5.41) is 11.7. The second-order valence-corrected chi connectivity index (χ2v) is 7.43. The number of thioether (sulfide) groups is 1. The van der Waals surface area contributed by atoms with E-state index in [0.717, 1.165) is 31.8 Å². The quantitative estimate of drug-likeness (QED) is 0.896. The molecule has 1 aromatic rings. The molecule has 1 unspecified atom stereocenters. The normalized spacial score (nSPS) is 20.5. The summed E-state index contributed by atoms with van der Waals surface area (Å²) in [6, 6.07) is 0.780. The topological polar surface area (TPSA) is 54.2 Å². The molecule has 1 saturated heterocycles. The molecule has 0 aliphatic carbocycles. The second-order valence-electron chi connectivity index (χ2n) is 5.63. The number of nitrogens with one attached hydrogen (secondary N) is 1. The van der Waals surface area contributed by atoms with Gasteiger partial charge in [-0.25, -0.2) is 0 Å². The molecule has 0 spiro atoms. The van der Waals surface area contributed by atoms with Gasteiger partial charge in [-0.15, -0.1) is 5.10 Å². The first-order chi connectivity index (χ1) is 9.02. The van der Waals surface area contributed by atoms with Crippen molar-refractivity contribution in [3.63, 3.8) is 0 Å². The van der Waals surface area contributed by atoms with Crippen molar-refractivity contribution in [3.8, 4) is 0 Å². The highest BCUT2D eigenvalue weighted by Gasteiger charge is 2.30. The van der Waals surface area contributed by atoms with Crippen molar-refractivity contribution in [2.24, 2.45) is 0 Å². The molecule has 108 valence electrons. The Morgan fingerprint density at radius 1 is 1.47 bits per heavy atom. The molecule has 0 bridgehead atoms. The van der Waals surface area contributed by atoms with Crippen LogP contribution in [-0.4, -0.2) is 40.3 Å². The van der Waals surface area contributed by atoms with Crippen molar-refractivity contribution in [3.05, 3.63) is 5.89 Å². The number of nitrogens with zero attached hydrogens (tertiary/aromatic N) is 3. The highest BCUT2D eigenvalue weighted by molar-refractivity contribution is 8.00. The van der Waals surface area contributed by atoms with Gasteiger partial charge in [0.15, 0.2) is 0 Å². The van der Waals surface area contributed by atoms with Crippen LogP contribution in [0.25, 0.3) is 0 Å². The van der Waals surface area contributed by atoms with Crippen molar-refractivity contribution in [1.29, 1.82) is 0 Å². The maximum atomic E-state index is 5.81. The lowest BCUT2D eigenvalue weighted by atomic mass is 10.2. The summed E-state index contributed by atoms with van der Waals surface area (Å²) in [6.45, 7) is 11.6. The molecule has 19 heavy (non-hydrogen) atoms. The van der Waals surface area contributed by atoms with Gasteiger partial charge in [0, 0.05) is 23.6 Å². The Labute approximate surface area is 119 Å². The largest absolute Gasteiger partial charge is 0.406 e. The molecule has 2 heterocycles. The smallest absolute Gasteiger partial charge is 0.318 e. The second kappa shape index (κ2) is 6.13. The molecule has 5 nitrogen and oxygen atoms in total. The van der Waals surface area contributed by atoms with E-state index in [2.05, 4.69) is 48.1 Å². The first-order valence-electron chi connectivity index (χ1n) is 6.97. The van der Waals surface area contributed by atoms with E-state index >= 15 is 0 Å². The minimum Gasteiger partial charge on any atom is -0.406 e. The van der Waals surface area contributed by atoms with Crippen LogP contribution < -0.4 is 10.2 Å². The summed E-state index contributed by atoms with van der Waals surface area (Å²) in [5.41, 5.74) is 0. The third kappa shape index (κ3) is 3.86. The zero-order valence-corrected chi connectivity index (χ0v) is 13.1. The zero-order valence-electron chi connectivity index (χ0n) is 12.3. The first-order valence-corrected chi connectivity index (χ1v) is 7.96. The molecule has 0 amide bonds. The van der Waals surface area contributed by atoms with Crippen LogP contribution in [0.2, 0.25) is 0 Å². The van der Waals surface area contributed by atoms with E-state index < -0.39 is 0 Å². The van der Waals surface area contributed by atoms with Crippen molar-refractivity contribution >= 4 is 17.8 Å². The van der Waals surface area contributed by atoms with Gasteiger partial charge in [-0.05, 0) is 33.7 Å². The molecule has 0 radical (unpaired) electrons. The molecule has 1 atom stereocenters. The van der Waals surface area contributed by atoms with E-state index in [9.17, 15) is 0 Å². The Balaban J connectivity index is 2.00. The summed E-state index contributed by atoms with van der Waals surface area (Å²) >= 11 is 2.00. The number of rotatable bonds is 5. The Bertz CT molecular complexity index is 407. The fourth-order valence-electron chi connectivity index (χ4n) is 2.16. The number of hydrogen-bond acceptors (Lipinski definition) is 6. The molecule has 1 N–H and O–H groups in total. The molecule has 6 heteroatoms.